The van der Waals surface area contributed by atoms with Gasteiger partial charge in [-0.1, -0.05) is 0 Å². The summed E-state index contributed by atoms with van der Waals surface area (Å²) in [4.78, 5) is 3.94. The van der Waals surface area contributed by atoms with Crippen molar-refractivity contribution < 1.29 is 13.2 Å². The number of hydrogen-bond acceptors (Lipinski definition) is 4. The summed E-state index contributed by atoms with van der Waals surface area (Å²) in [6.07, 6.45) is 6.48. The average molecular weight is 354 g/mol. The van der Waals surface area contributed by atoms with E-state index in [2.05, 4.69) is 32.3 Å². The SMILES string of the molecule is CS(=O)(=O)Nc1cncc(I)c1OC1CC1. The molecule has 0 bridgehead atoms. The van der Waals surface area contributed by atoms with Gasteiger partial charge in [-0.05, 0) is 35.4 Å². The third-order valence-electron chi connectivity index (χ3n) is 1.96. The van der Waals surface area contributed by atoms with E-state index in [1.165, 1.54) is 6.20 Å². The highest BCUT2D eigenvalue weighted by Gasteiger charge is 2.26. The number of hydrogen-bond donors (Lipinski definition) is 1. The Balaban J connectivity index is 2.31. The molecule has 7 heteroatoms. The highest BCUT2D eigenvalue weighted by atomic mass is 127. The first kappa shape index (κ1) is 11.9. The standard InChI is InChI=1S/C9H11IN2O3S/c1-16(13,14)12-8-5-11-4-7(10)9(8)15-6-2-3-6/h4-6,12H,2-3H2,1H3. The number of aromatic nitrogens is 1. The lowest BCUT2D eigenvalue weighted by atomic mass is 10.4. The van der Waals surface area contributed by atoms with Crippen molar-refractivity contribution in [2.45, 2.75) is 18.9 Å². The molecule has 1 aliphatic rings. The van der Waals surface area contributed by atoms with Crippen molar-refractivity contribution in [1.29, 1.82) is 0 Å². The molecule has 2 rings (SSSR count). The molecule has 5 nitrogen and oxygen atoms in total. The predicted molar refractivity (Wildman–Crippen MR) is 69.1 cm³/mol. The summed E-state index contributed by atoms with van der Waals surface area (Å²) in [5.74, 6) is 0.573. The third kappa shape index (κ3) is 3.21. The Labute approximate surface area is 108 Å². The molecule has 0 radical (unpaired) electrons. The number of nitrogens with zero attached hydrogens (tertiary/aromatic N) is 1. The Hall–Kier alpha value is -0.570. The molecule has 1 aromatic heterocycles. The van der Waals surface area contributed by atoms with Crippen LogP contribution in [-0.4, -0.2) is 25.8 Å². The van der Waals surface area contributed by atoms with Crippen LogP contribution >= 0.6 is 22.6 Å². The second-order valence-electron chi connectivity index (χ2n) is 3.69. The van der Waals surface area contributed by atoms with Gasteiger partial charge >= 0.3 is 0 Å². The molecule has 0 unspecified atom stereocenters. The lowest BCUT2D eigenvalue weighted by Gasteiger charge is -2.12. The smallest absolute Gasteiger partial charge is 0.229 e. The molecule has 1 aliphatic carbocycles. The molecule has 0 saturated heterocycles. The minimum absolute atomic E-state index is 0.219. The van der Waals surface area contributed by atoms with Crippen LogP contribution < -0.4 is 9.46 Å². The van der Waals surface area contributed by atoms with Crippen molar-refractivity contribution in [2.75, 3.05) is 11.0 Å². The summed E-state index contributed by atoms with van der Waals surface area (Å²) in [5, 5.41) is 0. The fourth-order valence-corrected chi connectivity index (χ4v) is 2.29. The molecule has 1 heterocycles. The van der Waals surface area contributed by atoms with Crippen molar-refractivity contribution >= 4 is 38.3 Å². The van der Waals surface area contributed by atoms with Gasteiger partial charge in [-0.15, -0.1) is 0 Å². The largest absolute Gasteiger partial charge is 0.487 e. The number of rotatable bonds is 4. The van der Waals surface area contributed by atoms with Crippen LogP contribution in [0.2, 0.25) is 0 Å². The number of anilines is 1. The summed E-state index contributed by atoms with van der Waals surface area (Å²) >= 11 is 2.08. The Bertz CT molecular complexity index is 499. The number of sulfonamides is 1. The van der Waals surface area contributed by atoms with Crippen LogP contribution in [0.5, 0.6) is 5.75 Å². The highest BCUT2D eigenvalue weighted by molar-refractivity contribution is 14.1. The molecule has 1 N–H and O–H groups in total. The zero-order valence-electron chi connectivity index (χ0n) is 8.60. The van der Waals surface area contributed by atoms with Gasteiger partial charge in [-0.3, -0.25) is 9.71 Å². The van der Waals surface area contributed by atoms with E-state index in [0.717, 1.165) is 22.7 Å². The number of ether oxygens (including phenoxy) is 1. The van der Waals surface area contributed by atoms with E-state index in [1.54, 1.807) is 6.20 Å². The van der Waals surface area contributed by atoms with Crippen LogP contribution in [0.4, 0.5) is 5.69 Å². The van der Waals surface area contributed by atoms with Gasteiger partial charge < -0.3 is 4.74 Å². The van der Waals surface area contributed by atoms with Crippen molar-refractivity contribution in [3.05, 3.63) is 16.0 Å². The minimum Gasteiger partial charge on any atom is -0.487 e. The van der Waals surface area contributed by atoms with E-state index in [9.17, 15) is 8.42 Å². The Morgan fingerprint density at radius 3 is 2.75 bits per heavy atom. The van der Waals surface area contributed by atoms with Gasteiger partial charge in [-0.2, -0.15) is 0 Å². The van der Waals surface area contributed by atoms with Crippen molar-refractivity contribution in [1.82, 2.24) is 4.98 Å². The van der Waals surface area contributed by atoms with E-state index in [1.807, 2.05) is 0 Å². The maximum Gasteiger partial charge on any atom is 0.229 e. The molecule has 1 saturated carbocycles. The molecule has 1 aromatic rings. The van der Waals surface area contributed by atoms with Gasteiger partial charge in [0.15, 0.2) is 5.75 Å². The molecule has 0 aliphatic heterocycles. The van der Waals surface area contributed by atoms with Crippen LogP contribution in [0.3, 0.4) is 0 Å². The van der Waals surface area contributed by atoms with E-state index in [4.69, 9.17) is 4.74 Å². The molecule has 16 heavy (non-hydrogen) atoms. The molecule has 88 valence electrons. The van der Waals surface area contributed by atoms with E-state index in [0.29, 0.717) is 11.4 Å². The van der Waals surface area contributed by atoms with Crippen LogP contribution in [0, 0.1) is 3.57 Å². The highest BCUT2D eigenvalue weighted by Crippen LogP contribution is 2.35. The first-order valence-corrected chi connectivity index (χ1v) is 7.70. The summed E-state index contributed by atoms with van der Waals surface area (Å²) < 4.78 is 31.2. The molecule has 0 spiro atoms. The monoisotopic (exact) mass is 354 g/mol. The first-order valence-electron chi connectivity index (χ1n) is 4.73. The zero-order valence-corrected chi connectivity index (χ0v) is 11.6. The maximum absolute atomic E-state index is 11.2. The third-order valence-corrected chi connectivity index (χ3v) is 3.32. The first-order chi connectivity index (χ1) is 7.46. The summed E-state index contributed by atoms with van der Waals surface area (Å²) in [6.45, 7) is 0. The number of nitrogens with one attached hydrogen (secondary N) is 1. The molecular weight excluding hydrogens is 343 g/mol. The molecule has 0 aromatic carbocycles. The average Bonchev–Trinajstić information content (AvgIpc) is 2.92. The van der Waals surface area contributed by atoms with Gasteiger partial charge in [0.05, 0.1) is 22.1 Å². The molecule has 1 fully saturated rings. The number of pyridine rings is 1. The van der Waals surface area contributed by atoms with Gasteiger partial charge in [0.1, 0.15) is 5.69 Å². The molecule has 0 atom stereocenters. The fourth-order valence-electron chi connectivity index (χ4n) is 1.17. The van der Waals surface area contributed by atoms with Gasteiger partial charge in [0.2, 0.25) is 10.0 Å². The quantitative estimate of drug-likeness (QED) is 0.834. The van der Waals surface area contributed by atoms with E-state index < -0.39 is 10.0 Å². The lowest BCUT2D eigenvalue weighted by Crippen LogP contribution is -2.12. The van der Waals surface area contributed by atoms with Crippen LogP contribution in [0.25, 0.3) is 0 Å². The normalized spacial score (nSPS) is 15.9. The maximum atomic E-state index is 11.2. The summed E-state index contributed by atoms with van der Waals surface area (Å²) in [7, 11) is -3.31. The summed E-state index contributed by atoms with van der Waals surface area (Å²) in [6, 6.07) is 0. The predicted octanol–water partition coefficient (Wildman–Crippen LogP) is 1.60. The van der Waals surface area contributed by atoms with Crippen LogP contribution in [-0.2, 0) is 10.0 Å². The lowest BCUT2D eigenvalue weighted by molar-refractivity contribution is 0.302. The van der Waals surface area contributed by atoms with Crippen LogP contribution in [0.15, 0.2) is 12.4 Å². The van der Waals surface area contributed by atoms with Gasteiger partial charge in [0, 0.05) is 6.20 Å². The minimum atomic E-state index is -3.31. The Morgan fingerprint density at radius 2 is 2.19 bits per heavy atom. The summed E-state index contributed by atoms with van der Waals surface area (Å²) in [5.41, 5.74) is 0.404. The van der Waals surface area contributed by atoms with Crippen LogP contribution in [0.1, 0.15) is 12.8 Å². The van der Waals surface area contributed by atoms with E-state index in [-0.39, 0.29) is 6.10 Å². The Kier molecular flexibility index (Phi) is 3.24. The van der Waals surface area contributed by atoms with E-state index >= 15 is 0 Å². The van der Waals surface area contributed by atoms with Crippen molar-refractivity contribution in [3.8, 4) is 5.75 Å². The second-order valence-corrected chi connectivity index (χ2v) is 6.60. The van der Waals surface area contributed by atoms with Crippen molar-refractivity contribution in [3.63, 3.8) is 0 Å². The van der Waals surface area contributed by atoms with Crippen molar-refractivity contribution in [2.24, 2.45) is 0 Å². The fraction of sp³-hybridized carbons (Fsp3) is 0.444. The molecule has 0 amide bonds. The topological polar surface area (TPSA) is 68.3 Å². The zero-order chi connectivity index (χ0) is 11.8. The van der Waals surface area contributed by atoms with Gasteiger partial charge in [0.25, 0.3) is 0 Å². The molecular formula is C9H11IN2O3S. The Morgan fingerprint density at radius 1 is 1.50 bits per heavy atom. The second kappa shape index (κ2) is 4.36. The number of halogens is 1. The van der Waals surface area contributed by atoms with Gasteiger partial charge in [-0.25, -0.2) is 8.42 Å².